The molecule has 0 fully saturated rings. The molecule has 0 aromatic heterocycles. The summed E-state index contributed by atoms with van der Waals surface area (Å²) in [4.78, 5) is 33.3. The van der Waals surface area contributed by atoms with Crippen LogP contribution in [0.1, 0.15) is 59.8 Å². The van der Waals surface area contributed by atoms with Gasteiger partial charge in [0.15, 0.2) is 5.78 Å². The van der Waals surface area contributed by atoms with Crippen LogP contribution >= 0.6 is 0 Å². The lowest BCUT2D eigenvalue weighted by atomic mass is 9.76. The van der Waals surface area contributed by atoms with Crippen molar-refractivity contribution in [3.8, 4) is 11.1 Å². The van der Waals surface area contributed by atoms with Gasteiger partial charge in [-0.05, 0) is 79.8 Å². The molecule has 0 aliphatic heterocycles. The third-order valence-corrected chi connectivity index (χ3v) is 7.80. The van der Waals surface area contributed by atoms with Crippen molar-refractivity contribution in [2.24, 2.45) is 17.2 Å². The van der Waals surface area contributed by atoms with Crippen molar-refractivity contribution >= 4 is 17.3 Å². The first-order chi connectivity index (χ1) is 20.5. The van der Waals surface area contributed by atoms with Crippen LogP contribution in [0.4, 0.5) is 0 Å². The molecular weight excluding hydrogens is 534 g/mol. The highest BCUT2D eigenvalue weighted by atomic mass is 16.1. The van der Waals surface area contributed by atoms with Crippen LogP contribution in [0.25, 0.3) is 11.1 Å². The van der Waals surface area contributed by atoms with Crippen LogP contribution < -0.4 is 17.2 Å². The molecule has 6 heteroatoms. The molecule has 0 heterocycles. The van der Waals surface area contributed by atoms with Crippen LogP contribution in [0.2, 0.25) is 0 Å². The van der Waals surface area contributed by atoms with E-state index in [4.69, 9.17) is 17.2 Å². The number of ketones is 3. The standard InChI is InChI=1S/C16H17NO.C12H15NO.C9H11NO/c1-12(18)16(17)11-13-7-9-15(10-8-13)14-5-3-2-4-6-14;1-9(14)12(13)7-6-10-4-2-3-5-11(10)8-12;1-7(11)9-4-2-8(6-10)3-5-9/h2-10,16H,11,17H2,1H3;2-5H,6-8,13H2,1H3;2-5H,6,10H2,1H3/t16-;;/m0../s1. The smallest absolute Gasteiger partial charge is 0.159 e. The molecule has 0 spiro atoms. The topological polar surface area (TPSA) is 129 Å². The summed E-state index contributed by atoms with van der Waals surface area (Å²) >= 11 is 0. The van der Waals surface area contributed by atoms with Gasteiger partial charge in [0.25, 0.3) is 0 Å². The van der Waals surface area contributed by atoms with E-state index in [9.17, 15) is 14.4 Å². The summed E-state index contributed by atoms with van der Waals surface area (Å²) in [6, 6.07) is 33.6. The second-order valence-electron chi connectivity index (χ2n) is 11.1. The maximum atomic E-state index is 11.4. The SMILES string of the molecule is CC(=O)C1(N)CCc2ccccc2C1.CC(=O)[C@@H](N)Cc1ccc(-c2ccccc2)cc1.CC(=O)c1ccc(CN)cc1. The van der Waals surface area contributed by atoms with Crippen molar-refractivity contribution in [1.29, 1.82) is 0 Å². The van der Waals surface area contributed by atoms with Crippen molar-refractivity contribution in [3.05, 3.63) is 131 Å². The van der Waals surface area contributed by atoms with Crippen LogP contribution in [-0.4, -0.2) is 28.9 Å². The van der Waals surface area contributed by atoms with E-state index in [-0.39, 0.29) is 17.3 Å². The van der Waals surface area contributed by atoms with Gasteiger partial charge in [-0.2, -0.15) is 0 Å². The van der Waals surface area contributed by atoms with Crippen molar-refractivity contribution in [3.63, 3.8) is 0 Å². The number of fused-ring (bicyclic) bond motifs is 1. The fourth-order valence-electron chi connectivity index (χ4n) is 4.80. The van der Waals surface area contributed by atoms with Crippen LogP contribution in [0, 0.1) is 0 Å². The number of carbonyl (C=O) groups is 3. The van der Waals surface area contributed by atoms with Gasteiger partial charge in [0.05, 0.1) is 11.6 Å². The highest BCUT2D eigenvalue weighted by Crippen LogP contribution is 2.27. The first kappa shape index (κ1) is 33.3. The van der Waals surface area contributed by atoms with E-state index in [1.54, 1.807) is 26.0 Å². The van der Waals surface area contributed by atoms with Gasteiger partial charge in [0.2, 0.25) is 0 Å². The van der Waals surface area contributed by atoms with E-state index in [1.807, 2.05) is 54.6 Å². The summed E-state index contributed by atoms with van der Waals surface area (Å²) < 4.78 is 0. The molecule has 5 rings (SSSR count). The lowest BCUT2D eigenvalue weighted by Gasteiger charge is -2.32. The Morgan fingerprint density at radius 3 is 1.79 bits per heavy atom. The Hall–Kier alpha value is -4.23. The monoisotopic (exact) mass is 577 g/mol. The zero-order chi connectivity index (χ0) is 31.4. The Morgan fingerprint density at radius 2 is 1.26 bits per heavy atom. The number of rotatable bonds is 7. The number of hydrogen-bond donors (Lipinski definition) is 3. The van der Waals surface area contributed by atoms with E-state index in [2.05, 4.69) is 36.4 Å². The van der Waals surface area contributed by atoms with Crippen molar-refractivity contribution in [2.75, 3.05) is 0 Å². The molecule has 0 bridgehead atoms. The van der Waals surface area contributed by atoms with Gasteiger partial charge in [-0.1, -0.05) is 103 Å². The molecule has 224 valence electrons. The van der Waals surface area contributed by atoms with Crippen LogP contribution in [0.15, 0.2) is 103 Å². The van der Waals surface area contributed by atoms with Gasteiger partial charge in [0, 0.05) is 12.1 Å². The number of Topliss-reactive ketones (excluding diaryl/α,β-unsaturated/α-hetero) is 3. The van der Waals surface area contributed by atoms with E-state index in [0.29, 0.717) is 19.4 Å². The van der Waals surface area contributed by atoms with Gasteiger partial charge < -0.3 is 17.2 Å². The van der Waals surface area contributed by atoms with Gasteiger partial charge in [0.1, 0.15) is 11.6 Å². The zero-order valence-electron chi connectivity index (χ0n) is 25.4. The zero-order valence-corrected chi connectivity index (χ0v) is 25.4. The Labute approximate surface area is 255 Å². The number of carbonyl (C=O) groups excluding carboxylic acids is 3. The van der Waals surface area contributed by atoms with E-state index >= 15 is 0 Å². The number of benzene rings is 4. The molecule has 0 amide bonds. The summed E-state index contributed by atoms with van der Waals surface area (Å²) in [5.41, 5.74) is 24.4. The van der Waals surface area contributed by atoms with E-state index < -0.39 is 11.6 Å². The second kappa shape index (κ2) is 15.8. The van der Waals surface area contributed by atoms with Gasteiger partial charge in [-0.25, -0.2) is 0 Å². The van der Waals surface area contributed by atoms with Gasteiger partial charge in [-0.15, -0.1) is 0 Å². The molecule has 4 aromatic rings. The predicted molar refractivity (Wildman–Crippen MR) is 175 cm³/mol. The fraction of sp³-hybridized carbons (Fsp3) is 0.270. The summed E-state index contributed by atoms with van der Waals surface area (Å²) in [6.45, 7) is 5.20. The molecule has 0 saturated carbocycles. The van der Waals surface area contributed by atoms with Crippen molar-refractivity contribution < 1.29 is 14.4 Å². The summed E-state index contributed by atoms with van der Waals surface area (Å²) in [6.07, 6.45) is 2.99. The molecule has 1 unspecified atom stereocenters. The molecule has 6 N–H and O–H groups in total. The Bertz CT molecular complexity index is 1500. The number of aryl methyl sites for hydroxylation is 1. The first-order valence-electron chi connectivity index (χ1n) is 14.6. The Balaban J connectivity index is 0.000000182. The Kier molecular flexibility index (Phi) is 12.3. The maximum Gasteiger partial charge on any atom is 0.159 e. The average molecular weight is 578 g/mol. The lowest BCUT2D eigenvalue weighted by molar-refractivity contribution is -0.122. The van der Waals surface area contributed by atoms with Crippen LogP contribution in [0.5, 0.6) is 0 Å². The van der Waals surface area contributed by atoms with Gasteiger partial charge in [-0.3, -0.25) is 14.4 Å². The summed E-state index contributed by atoms with van der Waals surface area (Å²) in [5, 5.41) is 0. The second-order valence-corrected chi connectivity index (χ2v) is 11.1. The van der Waals surface area contributed by atoms with Crippen LogP contribution in [-0.2, 0) is 35.4 Å². The highest BCUT2D eigenvalue weighted by Gasteiger charge is 2.34. The van der Waals surface area contributed by atoms with Crippen LogP contribution in [0.3, 0.4) is 0 Å². The lowest BCUT2D eigenvalue weighted by Crippen LogP contribution is -2.51. The third kappa shape index (κ3) is 9.93. The minimum absolute atomic E-state index is 0.0298. The molecular formula is C37H43N3O3. The average Bonchev–Trinajstić information content (AvgIpc) is 3.02. The quantitative estimate of drug-likeness (QED) is 0.245. The van der Waals surface area contributed by atoms with Crippen molar-refractivity contribution in [2.45, 2.75) is 64.6 Å². The maximum absolute atomic E-state index is 11.4. The van der Waals surface area contributed by atoms with E-state index in [1.165, 1.54) is 29.2 Å². The molecule has 1 aliphatic rings. The molecule has 4 aromatic carbocycles. The fourth-order valence-corrected chi connectivity index (χ4v) is 4.80. The van der Waals surface area contributed by atoms with E-state index in [0.717, 1.165) is 29.5 Å². The molecule has 1 aliphatic carbocycles. The minimum Gasteiger partial charge on any atom is -0.326 e. The third-order valence-electron chi connectivity index (χ3n) is 7.80. The molecule has 43 heavy (non-hydrogen) atoms. The summed E-state index contributed by atoms with van der Waals surface area (Å²) in [5.74, 6) is 0.225. The summed E-state index contributed by atoms with van der Waals surface area (Å²) in [7, 11) is 0. The molecule has 6 nitrogen and oxygen atoms in total. The molecule has 2 atom stereocenters. The van der Waals surface area contributed by atoms with Crippen molar-refractivity contribution in [1.82, 2.24) is 0 Å². The molecule has 0 radical (unpaired) electrons. The largest absolute Gasteiger partial charge is 0.326 e. The first-order valence-corrected chi connectivity index (χ1v) is 14.6. The highest BCUT2D eigenvalue weighted by molar-refractivity contribution is 5.94. The molecule has 0 saturated heterocycles. The van der Waals surface area contributed by atoms with Gasteiger partial charge >= 0.3 is 0 Å². The number of nitrogens with two attached hydrogens (primary N) is 3. The normalized spacial score (nSPS) is 15.9. The Morgan fingerprint density at radius 1 is 0.721 bits per heavy atom. The number of hydrogen-bond acceptors (Lipinski definition) is 6. The predicted octanol–water partition coefficient (Wildman–Crippen LogP) is 5.62. The minimum atomic E-state index is -0.617.